The third-order valence-corrected chi connectivity index (χ3v) is 4.70. The maximum absolute atomic E-state index is 13.1. The first kappa shape index (κ1) is 18.1. The molecule has 0 unspecified atom stereocenters. The van der Waals surface area contributed by atoms with E-state index in [1.807, 2.05) is 37.3 Å². The molecule has 1 heterocycles. The minimum absolute atomic E-state index is 0.0848. The summed E-state index contributed by atoms with van der Waals surface area (Å²) in [6, 6.07) is 15.7. The van der Waals surface area contributed by atoms with Crippen LogP contribution in [0.2, 0.25) is 0 Å². The predicted molar refractivity (Wildman–Crippen MR) is 98.5 cm³/mol. The molecule has 0 aliphatic heterocycles. The van der Waals surface area contributed by atoms with Gasteiger partial charge in [0.25, 0.3) is 0 Å². The molecule has 1 amide bonds. The van der Waals surface area contributed by atoms with Crippen molar-refractivity contribution < 1.29 is 9.18 Å². The van der Waals surface area contributed by atoms with Gasteiger partial charge in [0.05, 0.1) is 12.3 Å². The normalized spacial score (nSPS) is 10.7. The number of hydrogen-bond acceptors (Lipinski definition) is 5. The average molecular weight is 371 g/mol. The van der Waals surface area contributed by atoms with Crippen LogP contribution in [0.25, 0.3) is 0 Å². The Morgan fingerprint density at radius 3 is 2.58 bits per heavy atom. The van der Waals surface area contributed by atoms with Gasteiger partial charge in [-0.2, -0.15) is 0 Å². The molecular formula is C18H18FN5OS. The van der Waals surface area contributed by atoms with Crippen LogP contribution in [0.4, 0.5) is 10.1 Å². The van der Waals surface area contributed by atoms with Crippen LogP contribution >= 0.6 is 11.8 Å². The molecule has 3 rings (SSSR count). The third-order valence-electron chi connectivity index (χ3n) is 3.75. The second-order valence-electron chi connectivity index (χ2n) is 5.51. The lowest BCUT2D eigenvalue weighted by Crippen LogP contribution is -2.32. The van der Waals surface area contributed by atoms with Crippen LogP contribution < -0.4 is 4.90 Å². The van der Waals surface area contributed by atoms with Crippen molar-refractivity contribution in [1.82, 2.24) is 20.2 Å². The lowest BCUT2D eigenvalue weighted by atomic mass is 10.2. The fraction of sp³-hybridized carbons (Fsp3) is 0.222. The van der Waals surface area contributed by atoms with Crippen molar-refractivity contribution in [1.29, 1.82) is 0 Å². The average Bonchev–Trinajstić information content (AvgIpc) is 3.10. The van der Waals surface area contributed by atoms with E-state index in [0.29, 0.717) is 23.9 Å². The third kappa shape index (κ3) is 4.45. The summed E-state index contributed by atoms with van der Waals surface area (Å²) in [5.41, 5.74) is 1.75. The molecule has 0 bridgehead atoms. The molecule has 6 nitrogen and oxygen atoms in total. The van der Waals surface area contributed by atoms with Gasteiger partial charge in [0.15, 0.2) is 0 Å². The van der Waals surface area contributed by atoms with E-state index in [0.717, 1.165) is 5.56 Å². The summed E-state index contributed by atoms with van der Waals surface area (Å²) in [6.07, 6.45) is 0. The Labute approximate surface area is 155 Å². The number of anilines is 1. The first-order chi connectivity index (χ1) is 12.7. The molecule has 0 N–H and O–H groups in total. The number of amides is 1. The van der Waals surface area contributed by atoms with Gasteiger partial charge in [0.1, 0.15) is 5.82 Å². The molecule has 134 valence electrons. The van der Waals surface area contributed by atoms with E-state index in [9.17, 15) is 9.18 Å². The van der Waals surface area contributed by atoms with Gasteiger partial charge in [-0.15, -0.1) is 5.10 Å². The van der Waals surface area contributed by atoms with Crippen molar-refractivity contribution in [2.24, 2.45) is 0 Å². The monoisotopic (exact) mass is 371 g/mol. The zero-order chi connectivity index (χ0) is 18.4. The van der Waals surface area contributed by atoms with Crippen molar-refractivity contribution in [3.05, 3.63) is 66.0 Å². The van der Waals surface area contributed by atoms with Gasteiger partial charge in [-0.1, -0.05) is 42.1 Å². The summed E-state index contributed by atoms with van der Waals surface area (Å²) in [7, 11) is 0. The van der Waals surface area contributed by atoms with Crippen LogP contribution in [0, 0.1) is 5.82 Å². The highest BCUT2D eigenvalue weighted by molar-refractivity contribution is 7.99. The first-order valence-electron chi connectivity index (χ1n) is 8.16. The summed E-state index contributed by atoms with van der Waals surface area (Å²) in [6.45, 7) is 2.92. The molecule has 0 saturated heterocycles. The zero-order valence-corrected chi connectivity index (χ0v) is 15.1. The second-order valence-corrected chi connectivity index (χ2v) is 6.45. The fourth-order valence-corrected chi connectivity index (χ4v) is 3.24. The number of benzene rings is 2. The molecule has 0 atom stereocenters. The van der Waals surface area contributed by atoms with Crippen molar-refractivity contribution in [3.8, 4) is 0 Å². The molecule has 0 aliphatic carbocycles. The lowest BCUT2D eigenvalue weighted by molar-refractivity contribution is -0.116. The van der Waals surface area contributed by atoms with Gasteiger partial charge in [-0.25, -0.2) is 9.07 Å². The number of halogens is 1. The predicted octanol–water partition coefficient (Wildman–Crippen LogP) is 3.01. The number of thioether (sulfide) groups is 1. The minimum Gasteiger partial charge on any atom is -0.312 e. The Kier molecular flexibility index (Phi) is 5.96. The van der Waals surface area contributed by atoms with Crippen molar-refractivity contribution in [2.75, 3.05) is 17.2 Å². The first-order valence-corrected chi connectivity index (χ1v) is 9.14. The molecule has 0 radical (unpaired) electrons. The van der Waals surface area contributed by atoms with E-state index >= 15 is 0 Å². The minimum atomic E-state index is -0.327. The van der Waals surface area contributed by atoms with Gasteiger partial charge in [-0.05, 0) is 47.2 Å². The van der Waals surface area contributed by atoms with Crippen LogP contribution in [0.15, 0.2) is 59.8 Å². The summed E-state index contributed by atoms with van der Waals surface area (Å²) in [5, 5.41) is 12.3. The van der Waals surface area contributed by atoms with E-state index in [4.69, 9.17) is 0 Å². The van der Waals surface area contributed by atoms with Crippen LogP contribution in [0.1, 0.15) is 12.5 Å². The van der Waals surface area contributed by atoms with E-state index in [2.05, 4.69) is 15.5 Å². The van der Waals surface area contributed by atoms with Crippen molar-refractivity contribution in [3.63, 3.8) is 0 Å². The SMILES string of the molecule is CCN(C(=O)CSc1nnnn1Cc1ccccc1)c1ccc(F)cc1. The number of carbonyl (C=O) groups excluding carboxylic acids is 1. The largest absolute Gasteiger partial charge is 0.312 e. The van der Waals surface area contributed by atoms with E-state index in [1.165, 1.54) is 23.9 Å². The van der Waals surface area contributed by atoms with Crippen molar-refractivity contribution in [2.45, 2.75) is 18.6 Å². The highest BCUT2D eigenvalue weighted by Gasteiger charge is 2.16. The Bertz CT molecular complexity index is 854. The molecule has 26 heavy (non-hydrogen) atoms. The Balaban J connectivity index is 1.64. The van der Waals surface area contributed by atoms with Gasteiger partial charge in [-0.3, -0.25) is 4.79 Å². The Morgan fingerprint density at radius 1 is 1.15 bits per heavy atom. The van der Waals surface area contributed by atoms with E-state index in [-0.39, 0.29) is 17.5 Å². The Morgan fingerprint density at radius 2 is 1.88 bits per heavy atom. The molecule has 0 saturated carbocycles. The second kappa shape index (κ2) is 8.57. The van der Waals surface area contributed by atoms with Crippen LogP contribution in [0.3, 0.4) is 0 Å². The number of nitrogens with zero attached hydrogens (tertiary/aromatic N) is 5. The maximum Gasteiger partial charge on any atom is 0.237 e. The number of aromatic nitrogens is 4. The maximum atomic E-state index is 13.1. The van der Waals surface area contributed by atoms with Crippen LogP contribution in [0.5, 0.6) is 0 Å². The summed E-state index contributed by atoms with van der Waals surface area (Å²) >= 11 is 1.28. The van der Waals surface area contributed by atoms with Gasteiger partial charge >= 0.3 is 0 Å². The highest BCUT2D eigenvalue weighted by atomic mass is 32.2. The number of tetrazole rings is 1. The Hall–Kier alpha value is -2.74. The molecule has 2 aromatic carbocycles. The molecular weight excluding hydrogens is 353 g/mol. The summed E-state index contributed by atoms with van der Waals surface area (Å²) < 4.78 is 14.7. The van der Waals surface area contributed by atoms with Gasteiger partial charge in [0.2, 0.25) is 11.1 Å². The van der Waals surface area contributed by atoms with Gasteiger partial charge in [0, 0.05) is 12.2 Å². The number of hydrogen-bond donors (Lipinski definition) is 0. The fourth-order valence-electron chi connectivity index (χ4n) is 2.48. The summed E-state index contributed by atoms with van der Waals surface area (Å²) in [5.74, 6) is -0.217. The van der Waals surface area contributed by atoms with Crippen LogP contribution in [-0.2, 0) is 11.3 Å². The molecule has 0 spiro atoms. The number of carbonyl (C=O) groups is 1. The lowest BCUT2D eigenvalue weighted by Gasteiger charge is -2.20. The quantitative estimate of drug-likeness (QED) is 0.598. The molecule has 1 aromatic heterocycles. The van der Waals surface area contributed by atoms with Crippen LogP contribution in [-0.4, -0.2) is 38.4 Å². The van der Waals surface area contributed by atoms with E-state index < -0.39 is 0 Å². The number of rotatable bonds is 7. The zero-order valence-electron chi connectivity index (χ0n) is 14.2. The standard InChI is InChI=1S/C18H18FN5OS/c1-2-23(16-10-8-15(19)9-11-16)17(25)13-26-18-20-21-22-24(18)12-14-6-4-3-5-7-14/h3-11H,2,12-13H2,1H3. The highest BCUT2D eigenvalue weighted by Crippen LogP contribution is 2.19. The van der Waals surface area contributed by atoms with Gasteiger partial charge < -0.3 is 4.90 Å². The molecule has 3 aromatic rings. The topological polar surface area (TPSA) is 63.9 Å². The summed E-state index contributed by atoms with van der Waals surface area (Å²) in [4.78, 5) is 14.2. The molecule has 0 fully saturated rings. The smallest absolute Gasteiger partial charge is 0.237 e. The van der Waals surface area contributed by atoms with E-state index in [1.54, 1.807) is 21.7 Å². The molecule has 8 heteroatoms. The molecule has 0 aliphatic rings. The van der Waals surface area contributed by atoms with Crippen molar-refractivity contribution >= 4 is 23.4 Å².